The normalized spacial score (nSPS) is 11.5. The molecule has 0 saturated heterocycles. The zero-order chi connectivity index (χ0) is 31.4. The van der Waals surface area contributed by atoms with E-state index in [1.165, 1.54) is 21.5 Å². The lowest BCUT2D eigenvalue weighted by Gasteiger charge is -2.28. The highest BCUT2D eigenvalue weighted by Crippen LogP contribution is 2.46. The van der Waals surface area contributed by atoms with Gasteiger partial charge in [0.1, 0.15) is 23.3 Å². The Hall–Kier alpha value is -5.88. The molecule has 4 heterocycles. The molecule has 0 aliphatic rings. The fourth-order valence-corrected chi connectivity index (χ4v) is 6.50. The summed E-state index contributed by atoms with van der Waals surface area (Å²) in [7, 11) is 0. The highest BCUT2D eigenvalue weighted by Gasteiger charge is 2.23. The molecule has 0 aliphatic heterocycles. The van der Waals surface area contributed by atoms with E-state index in [0.717, 1.165) is 68.2 Å². The number of anilines is 6. The van der Waals surface area contributed by atoms with Crippen molar-refractivity contribution < 1.29 is 0 Å². The number of aryl methyl sites for hydroxylation is 4. The van der Waals surface area contributed by atoms with Gasteiger partial charge in [0.25, 0.3) is 0 Å². The molecule has 0 radical (unpaired) electrons. The van der Waals surface area contributed by atoms with Crippen LogP contribution in [0.3, 0.4) is 0 Å². The van der Waals surface area contributed by atoms with Crippen molar-refractivity contribution in [3.05, 3.63) is 144 Å². The lowest BCUT2D eigenvalue weighted by molar-refractivity contribution is 1.08. The molecule has 222 valence electrons. The summed E-state index contributed by atoms with van der Waals surface area (Å²) >= 11 is 0. The Labute approximate surface area is 268 Å². The summed E-state index contributed by atoms with van der Waals surface area (Å²) in [6.07, 6.45) is 0. The van der Waals surface area contributed by atoms with Gasteiger partial charge in [0.15, 0.2) is 0 Å². The van der Waals surface area contributed by atoms with Crippen molar-refractivity contribution in [3.8, 4) is 0 Å². The number of aromatic nitrogens is 4. The Balaban J connectivity index is 1.42. The highest BCUT2D eigenvalue weighted by atomic mass is 15.2. The zero-order valence-electron chi connectivity index (χ0n) is 26.2. The van der Waals surface area contributed by atoms with Crippen molar-refractivity contribution >= 4 is 67.0 Å². The van der Waals surface area contributed by atoms with Gasteiger partial charge in [-0.15, -0.1) is 0 Å². The maximum Gasteiger partial charge on any atom is 0.139 e. The van der Waals surface area contributed by atoms with Gasteiger partial charge in [-0.3, -0.25) is 9.80 Å². The van der Waals surface area contributed by atoms with Crippen LogP contribution in [0.4, 0.5) is 34.6 Å². The van der Waals surface area contributed by atoms with Crippen LogP contribution in [0, 0.1) is 27.7 Å². The molecule has 6 heteroatoms. The summed E-state index contributed by atoms with van der Waals surface area (Å²) in [5.74, 6) is 3.32. The van der Waals surface area contributed by atoms with Crippen molar-refractivity contribution in [2.24, 2.45) is 0 Å². The lowest BCUT2D eigenvalue weighted by Crippen LogP contribution is -2.15. The molecule has 0 aliphatic carbocycles. The molecule has 46 heavy (non-hydrogen) atoms. The van der Waals surface area contributed by atoms with Gasteiger partial charge in [0.05, 0.1) is 11.4 Å². The fourth-order valence-electron chi connectivity index (χ4n) is 6.50. The van der Waals surface area contributed by atoms with Crippen LogP contribution >= 0.6 is 0 Å². The average molecular weight is 597 g/mol. The molecule has 0 unspecified atom stereocenters. The predicted octanol–water partition coefficient (Wildman–Crippen LogP) is 10.3. The Morgan fingerprint density at radius 2 is 0.652 bits per heavy atom. The predicted molar refractivity (Wildman–Crippen MR) is 190 cm³/mol. The molecule has 0 amide bonds. The van der Waals surface area contributed by atoms with Gasteiger partial charge < -0.3 is 0 Å². The minimum Gasteiger partial charge on any atom is -0.278 e. The first kappa shape index (κ1) is 27.7. The summed E-state index contributed by atoms with van der Waals surface area (Å²) in [5, 5.41) is 7.03. The van der Waals surface area contributed by atoms with Crippen LogP contribution in [0.5, 0.6) is 0 Å². The second-order valence-electron chi connectivity index (χ2n) is 11.8. The van der Waals surface area contributed by atoms with Crippen LogP contribution in [0.2, 0.25) is 0 Å². The summed E-state index contributed by atoms with van der Waals surface area (Å²) in [4.78, 5) is 24.1. The van der Waals surface area contributed by atoms with Gasteiger partial charge in [-0.25, -0.2) is 19.9 Å². The third-order valence-corrected chi connectivity index (χ3v) is 8.51. The minimum absolute atomic E-state index is 0.830. The van der Waals surface area contributed by atoms with E-state index in [1.807, 2.05) is 52.0 Å². The van der Waals surface area contributed by atoms with Gasteiger partial charge in [-0.2, -0.15) is 0 Å². The van der Waals surface area contributed by atoms with Crippen LogP contribution in [-0.4, -0.2) is 19.9 Å². The number of hydrogen-bond donors (Lipinski definition) is 0. The standard InChI is InChI=1S/C40H32N6/c1-25-9-5-13-35(41-25)45(36-14-6-10-26(2)42-36)33-23-19-29-18-22-32-34(24-20-30-17-21-31(33)39(29)40(30)32)46(37-15-7-11-27(3)43-37)38-16-8-12-28(4)44-38/h5-24H,1-4H3. The molecule has 0 fully saturated rings. The monoisotopic (exact) mass is 596 g/mol. The maximum absolute atomic E-state index is 4.95. The van der Waals surface area contributed by atoms with E-state index in [9.17, 15) is 0 Å². The Morgan fingerprint density at radius 3 is 0.957 bits per heavy atom. The van der Waals surface area contributed by atoms with E-state index >= 15 is 0 Å². The molecule has 0 atom stereocenters. The first-order valence-electron chi connectivity index (χ1n) is 15.5. The first-order valence-corrected chi connectivity index (χ1v) is 15.5. The highest BCUT2D eigenvalue weighted by molar-refractivity contribution is 6.28. The Bertz CT molecular complexity index is 2140. The molecule has 0 spiro atoms. The molecule has 0 saturated carbocycles. The molecule has 4 aromatic heterocycles. The number of benzene rings is 4. The van der Waals surface area contributed by atoms with E-state index < -0.39 is 0 Å². The van der Waals surface area contributed by atoms with Gasteiger partial charge >= 0.3 is 0 Å². The van der Waals surface area contributed by atoms with Crippen molar-refractivity contribution in [2.45, 2.75) is 27.7 Å². The van der Waals surface area contributed by atoms with Gasteiger partial charge in [0.2, 0.25) is 0 Å². The summed E-state index contributed by atoms with van der Waals surface area (Å²) in [6.45, 7) is 8.09. The quantitative estimate of drug-likeness (QED) is 0.178. The maximum atomic E-state index is 4.95. The summed E-state index contributed by atoms with van der Waals surface area (Å²) in [6, 6.07) is 42.2. The van der Waals surface area contributed by atoms with Gasteiger partial charge in [0, 0.05) is 33.5 Å². The smallest absolute Gasteiger partial charge is 0.139 e. The van der Waals surface area contributed by atoms with E-state index in [2.05, 4.69) is 107 Å². The van der Waals surface area contributed by atoms with Crippen LogP contribution in [0.25, 0.3) is 32.3 Å². The number of hydrogen-bond acceptors (Lipinski definition) is 6. The van der Waals surface area contributed by atoms with Crippen LogP contribution in [-0.2, 0) is 0 Å². The van der Waals surface area contributed by atoms with Crippen LogP contribution in [0.1, 0.15) is 22.8 Å². The van der Waals surface area contributed by atoms with Crippen LogP contribution in [0.15, 0.2) is 121 Å². The van der Waals surface area contributed by atoms with Gasteiger partial charge in [-0.05, 0) is 110 Å². The largest absolute Gasteiger partial charge is 0.278 e. The number of nitrogens with zero attached hydrogens (tertiary/aromatic N) is 6. The van der Waals surface area contributed by atoms with E-state index in [4.69, 9.17) is 19.9 Å². The summed E-state index contributed by atoms with van der Waals surface area (Å²) < 4.78 is 0. The van der Waals surface area contributed by atoms with Crippen molar-refractivity contribution in [2.75, 3.05) is 9.80 Å². The van der Waals surface area contributed by atoms with Crippen molar-refractivity contribution in [1.82, 2.24) is 19.9 Å². The summed E-state index contributed by atoms with van der Waals surface area (Å²) in [5.41, 5.74) is 5.86. The van der Waals surface area contributed by atoms with E-state index in [-0.39, 0.29) is 0 Å². The number of rotatable bonds is 6. The molecule has 0 N–H and O–H groups in total. The molecule has 0 bridgehead atoms. The molecule has 8 rings (SSSR count). The van der Waals surface area contributed by atoms with Gasteiger partial charge in [-0.1, -0.05) is 60.7 Å². The minimum atomic E-state index is 0.830. The molecule has 6 nitrogen and oxygen atoms in total. The molecular formula is C40H32N6. The second kappa shape index (κ2) is 10.9. The lowest BCUT2D eigenvalue weighted by atomic mass is 9.92. The first-order chi connectivity index (χ1) is 22.4. The topological polar surface area (TPSA) is 58.0 Å². The van der Waals surface area contributed by atoms with Crippen LogP contribution < -0.4 is 9.80 Å². The fraction of sp³-hybridized carbons (Fsp3) is 0.100. The van der Waals surface area contributed by atoms with E-state index in [0.29, 0.717) is 0 Å². The third kappa shape index (κ3) is 4.66. The second-order valence-corrected chi connectivity index (χ2v) is 11.8. The molecular weight excluding hydrogens is 564 g/mol. The SMILES string of the molecule is Cc1cccc(N(c2cccc(C)n2)c2ccc3ccc4c(N(c5cccc(C)n5)c5cccc(C)n5)ccc5ccc2c3c54)n1. The van der Waals surface area contributed by atoms with Crippen molar-refractivity contribution in [3.63, 3.8) is 0 Å². The molecule has 8 aromatic rings. The third-order valence-electron chi connectivity index (χ3n) is 8.51. The zero-order valence-corrected chi connectivity index (χ0v) is 26.2. The van der Waals surface area contributed by atoms with E-state index in [1.54, 1.807) is 0 Å². The Kier molecular flexibility index (Phi) is 6.57. The number of pyridine rings is 4. The Morgan fingerprint density at radius 1 is 0.348 bits per heavy atom. The average Bonchev–Trinajstić information content (AvgIpc) is 3.05. The van der Waals surface area contributed by atoms with Crippen molar-refractivity contribution in [1.29, 1.82) is 0 Å². The molecule has 4 aromatic carbocycles.